The van der Waals surface area contributed by atoms with Crippen LogP contribution in [0.2, 0.25) is 0 Å². The molecule has 0 spiro atoms. The van der Waals surface area contributed by atoms with E-state index >= 15 is 0 Å². The first-order valence-electron chi connectivity index (χ1n) is 11.0. The van der Waals surface area contributed by atoms with Gasteiger partial charge in [0.05, 0.1) is 11.1 Å². The average molecular weight is 379 g/mol. The van der Waals surface area contributed by atoms with E-state index in [1.807, 2.05) is 0 Å². The number of hydrogen-bond donors (Lipinski definition) is 0. The van der Waals surface area contributed by atoms with E-state index in [1.54, 1.807) is 0 Å². The van der Waals surface area contributed by atoms with Crippen LogP contribution in [0.25, 0.3) is 10.9 Å². The first-order valence-corrected chi connectivity index (χ1v) is 11.0. The minimum Gasteiger partial charge on any atom is -0.357 e. The highest BCUT2D eigenvalue weighted by atomic mass is 16.2. The molecule has 0 radical (unpaired) electrons. The first-order chi connectivity index (χ1) is 13.8. The summed E-state index contributed by atoms with van der Waals surface area (Å²) >= 11 is 0. The summed E-state index contributed by atoms with van der Waals surface area (Å²) in [4.78, 5) is 25.1. The Bertz CT molecular complexity index is 868. The fourth-order valence-electron chi connectivity index (χ4n) is 5.05. The van der Waals surface area contributed by atoms with Gasteiger partial charge in [0.25, 0.3) is 5.91 Å². The van der Waals surface area contributed by atoms with E-state index in [-0.39, 0.29) is 5.91 Å². The number of aromatic nitrogens is 1. The van der Waals surface area contributed by atoms with E-state index in [9.17, 15) is 4.79 Å². The maximum absolute atomic E-state index is 13.3. The van der Waals surface area contributed by atoms with Crippen LogP contribution >= 0.6 is 0 Å². The normalized spacial score (nSPS) is 20.4. The highest BCUT2D eigenvalue weighted by molar-refractivity contribution is 6.09. The molecular weight excluding hydrogens is 348 g/mol. The van der Waals surface area contributed by atoms with Crippen LogP contribution in [0, 0.1) is 0 Å². The Hall–Kier alpha value is -2.14. The van der Waals surface area contributed by atoms with Crippen LogP contribution in [-0.2, 0) is 6.54 Å². The highest BCUT2D eigenvalue weighted by Gasteiger charge is 2.28. The third kappa shape index (κ3) is 3.37. The molecule has 2 fully saturated rings. The molecule has 28 heavy (non-hydrogen) atoms. The molecule has 2 saturated heterocycles. The van der Waals surface area contributed by atoms with Gasteiger partial charge in [-0.15, -0.1) is 0 Å². The van der Waals surface area contributed by atoms with Gasteiger partial charge in [0.1, 0.15) is 5.82 Å². The third-order valence-corrected chi connectivity index (χ3v) is 6.57. The standard InChI is InChI=1S/C23H30N4O/c28-23-19-16-21(26-13-4-5-14-26)24-20-9-6-8-18(22(19)20)17-27(23)15-7-12-25-10-2-1-3-11-25/h6,8-9,16H,1-5,7,10-15,17H2. The van der Waals surface area contributed by atoms with Crippen LogP contribution in [0.5, 0.6) is 0 Å². The number of hydrogen-bond acceptors (Lipinski definition) is 4. The lowest BCUT2D eigenvalue weighted by atomic mass is 9.97. The van der Waals surface area contributed by atoms with Crippen LogP contribution in [0.3, 0.4) is 0 Å². The Morgan fingerprint density at radius 2 is 1.71 bits per heavy atom. The second kappa shape index (κ2) is 7.70. The molecule has 3 aliphatic rings. The molecule has 5 heteroatoms. The lowest BCUT2D eigenvalue weighted by Crippen LogP contribution is -2.37. The van der Waals surface area contributed by atoms with Gasteiger partial charge in [0.2, 0.25) is 0 Å². The van der Waals surface area contributed by atoms with Crippen LogP contribution in [0.1, 0.15) is 54.4 Å². The molecule has 5 nitrogen and oxygen atoms in total. The predicted octanol–water partition coefficient (Wildman–Crippen LogP) is 3.67. The van der Waals surface area contributed by atoms with Gasteiger partial charge in [0.15, 0.2) is 0 Å². The molecular formula is C23H30N4O. The van der Waals surface area contributed by atoms with Crippen molar-refractivity contribution in [3.8, 4) is 0 Å². The zero-order chi connectivity index (χ0) is 18.9. The van der Waals surface area contributed by atoms with Crippen LogP contribution in [0.15, 0.2) is 24.3 Å². The molecule has 0 unspecified atom stereocenters. The fraction of sp³-hybridized carbons (Fsp3) is 0.565. The van der Waals surface area contributed by atoms with Gasteiger partial charge in [-0.05, 0) is 69.4 Å². The molecule has 1 aromatic carbocycles. The number of anilines is 1. The molecule has 1 aromatic heterocycles. The van der Waals surface area contributed by atoms with Crippen molar-refractivity contribution >= 4 is 22.6 Å². The summed E-state index contributed by atoms with van der Waals surface area (Å²) in [6.45, 7) is 7.20. The number of rotatable bonds is 5. The van der Waals surface area contributed by atoms with Gasteiger partial charge in [-0.2, -0.15) is 0 Å². The number of carbonyl (C=O) groups is 1. The number of pyridine rings is 1. The number of nitrogens with zero attached hydrogens (tertiary/aromatic N) is 4. The molecule has 0 aliphatic carbocycles. The minimum absolute atomic E-state index is 0.185. The van der Waals surface area contributed by atoms with E-state index in [2.05, 4.69) is 39.0 Å². The van der Waals surface area contributed by atoms with Crippen molar-refractivity contribution < 1.29 is 4.79 Å². The molecule has 5 rings (SSSR count). The smallest absolute Gasteiger partial charge is 0.254 e. The van der Waals surface area contributed by atoms with E-state index in [0.717, 1.165) is 54.9 Å². The lowest BCUT2D eigenvalue weighted by molar-refractivity contribution is 0.0728. The molecule has 1 amide bonds. The van der Waals surface area contributed by atoms with Gasteiger partial charge in [-0.3, -0.25) is 4.79 Å². The van der Waals surface area contributed by atoms with Crippen LogP contribution in [-0.4, -0.2) is 60.0 Å². The van der Waals surface area contributed by atoms with E-state index < -0.39 is 0 Å². The summed E-state index contributed by atoms with van der Waals surface area (Å²) in [6, 6.07) is 8.36. The molecule has 148 valence electrons. The Morgan fingerprint density at radius 1 is 0.929 bits per heavy atom. The molecule has 0 N–H and O–H groups in total. The first kappa shape index (κ1) is 17.9. The van der Waals surface area contributed by atoms with E-state index in [1.165, 1.54) is 50.8 Å². The fourth-order valence-corrected chi connectivity index (χ4v) is 5.05. The van der Waals surface area contributed by atoms with Crippen LogP contribution in [0.4, 0.5) is 5.82 Å². The average Bonchev–Trinajstić information content (AvgIpc) is 3.27. The SMILES string of the molecule is O=C1c2cc(N3CCCC3)nc3cccc(c23)CN1CCCN1CCCCC1. The number of amides is 1. The maximum Gasteiger partial charge on any atom is 0.254 e. The zero-order valence-electron chi connectivity index (χ0n) is 16.7. The van der Waals surface area contributed by atoms with Gasteiger partial charge < -0.3 is 14.7 Å². The van der Waals surface area contributed by atoms with E-state index in [0.29, 0.717) is 6.54 Å². The quantitative estimate of drug-likeness (QED) is 0.796. The summed E-state index contributed by atoms with van der Waals surface area (Å²) < 4.78 is 0. The van der Waals surface area contributed by atoms with Gasteiger partial charge >= 0.3 is 0 Å². The van der Waals surface area contributed by atoms with Gasteiger partial charge in [-0.25, -0.2) is 4.98 Å². The number of likely N-dealkylation sites (tertiary alicyclic amines) is 1. The molecule has 2 aromatic rings. The van der Waals surface area contributed by atoms with Crippen molar-refractivity contribution in [1.82, 2.24) is 14.8 Å². The third-order valence-electron chi connectivity index (χ3n) is 6.57. The Labute approximate surface area is 167 Å². The largest absolute Gasteiger partial charge is 0.357 e. The lowest BCUT2D eigenvalue weighted by Gasteiger charge is -2.31. The van der Waals surface area contributed by atoms with Crippen molar-refractivity contribution in [3.63, 3.8) is 0 Å². The maximum atomic E-state index is 13.3. The van der Waals surface area contributed by atoms with Gasteiger partial charge in [0, 0.05) is 31.6 Å². The van der Waals surface area contributed by atoms with Crippen molar-refractivity contribution in [2.45, 2.75) is 45.1 Å². The summed E-state index contributed by atoms with van der Waals surface area (Å²) in [5, 5.41) is 1.07. The molecule has 3 aliphatic heterocycles. The van der Waals surface area contributed by atoms with Crippen molar-refractivity contribution in [2.24, 2.45) is 0 Å². The van der Waals surface area contributed by atoms with Crippen LogP contribution < -0.4 is 4.90 Å². The Balaban J connectivity index is 1.37. The summed E-state index contributed by atoms with van der Waals surface area (Å²) in [6.07, 6.45) is 7.50. The molecule has 0 atom stereocenters. The second-order valence-electron chi connectivity index (χ2n) is 8.52. The predicted molar refractivity (Wildman–Crippen MR) is 113 cm³/mol. The zero-order valence-corrected chi connectivity index (χ0v) is 16.7. The van der Waals surface area contributed by atoms with Gasteiger partial charge in [-0.1, -0.05) is 18.6 Å². The number of piperidine rings is 1. The summed E-state index contributed by atoms with van der Waals surface area (Å²) in [5.41, 5.74) is 3.07. The Morgan fingerprint density at radius 3 is 2.54 bits per heavy atom. The Kier molecular flexibility index (Phi) is 4.93. The second-order valence-corrected chi connectivity index (χ2v) is 8.52. The summed E-state index contributed by atoms with van der Waals surface area (Å²) in [5.74, 6) is 1.16. The molecule has 0 saturated carbocycles. The molecule has 4 heterocycles. The number of benzene rings is 1. The monoisotopic (exact) mass is 378 g/mol. The topological polar surface area (TPSA) is 39.7 Å². The van der Waals surface area contributed by atoms with Crippen molar-refractivity contribution in [2.75, 3.05) is 44.2 Å². The highest BCUT2D eigenvalue weighted by Crippen LogP contribution is 2.32. The van der Waals surface area contributed by atoms with Crippen molar-refractivity contribution in [3.05, 3.63) is 35.4 Å². The summed E-state index contributed by atoms with van der Waals surface area (Å²) in [7, 11) is 0. The van der Waals surface area contributed by atoms with E-state index in [4.69, 9.17) is 4.98 Å². The number of carbonyl (C=O) groups excluding carboxylic acids is 1. The molecule has 0 bridgehead atoms. The van der Waals surface area contributed by atoms with Crippen molar-refractivity contribution in [1.29, 1.82) is 0 Å². The minimum atomic E-state index is 0.185.